The maximum absolute atomic E-state index is 5.18. The minimum Gasteiger partial charge on any atom is -0.384 e. The van der Waals surface area contributed by atoms with Gasteiger partial charge in [-0.05, 0) is 17.7 Å². The highest BCUT2D eigenvalue weighted by molar-refractivity contribution is 9.10. The van der Waals surface area contributed by atoms with Gasteiger partial charge < -0.3 is 10.1 Å². The van der Waals surface area contributed by atoms with E-state index < -0.39 is 0 Å². The van der Waals surface area contributed by atoms with E-state index in [0.29, 0.717) is 12.0 Å². The van der Waals surface area contributed by atoms with Crippen molar-refractivity contribution < 1.29 is 4.74 Å². The molecule has 0 amide bonds. The quantitative estimate of drug-likeness (QED) is 0.896. The van der Waals surface area contributed by atoms with Crippen LogP contribution in [0.4, 0.5) is 0 Å². The monoisotopic (exact) mass is 255 g/mol. The molecule has 2 atom stereocenters. The number of methoxy groups -OCH3 is 1. The van der Waals surface area contributed by atoms with Gasteiger partial charge in [0.1, 0.15) is 0 Å². The van der Waals surface area contributed by atoms with E-state index in [1.807, 2.05) is 6.07 Å². The largest absolute Gasteiger partial charge is 0.384 e. The van der Waals surface area contributed by atoms with Crippen LogP contribution in [0, 0.1) is 5.92 Å². The molecule has 3 heteroatoms. The van der Waals surface area contributed by atoms with Crippen LogP contribution in [0.25, 0.3) is 0 Å². The Balaban J connectivity index is 2.08. The molecule has 2 unspecified atom stereocenters. The van der Waals surface area contributed by atoms with Crippen LogP contribution in [0.15, 0.2) is 28.7 Å². The maximum atomic E-state index is 5.18. The van der Waals surface area contributed by atoms with Crippen molar-refractivity contribution in [1.82, 2.24) is 5.32 Å². The Morgan fingerprint density at radius 2 is 2.43 bits per heavy atom. The Bertz CT molecular complexity index is 316. The molecule has 14 heavy (non-hydrogen) atoms. The van der Waals surface area contributed by atoms with Gasteiger partial charge in [0.05, 0.1) is 6.61 Å². The van der Waals surface area contributed by atoms with Crippen molar-refractivity contribution in [2.24, 2.45) is 5.92 Å². The van der Waals surface area contributed by atoms with Crippen molar-refractivity contribution in [2.75, 3.05) is 20.3 Å². The second-order valence-electron chi connectivity index (χ2n) is 3.66. The molecule has 1 fully saturated rings. The minimum absolute atomic E-state index is 0.465. The van der Waals surface area contributed by atoms with Crippen LogP contribution in [-0.4, -0.2) is 20.3 Å². The molecular formula is C11H14BrNO. The number of halogens is 1. The summed E-state index contributed by atoms with van der Waals surface area (Å²) in [5.74, 6) is 0.620. The topological polar surface area (TPSA) is 21.3 Å². The Morgan fingerprint density at radius 3 is 3.00 bits per heavy atom. The molecule has 1 aromatic carbocycles. The summed E-state index contributed by atoms with van der Waals surface area (Å²) in [6, 6.07) is 8.91. The van der Waals surface area contributed by atoms with Crippen LogP contribution in [0.1, 0.15) is 11.6 Å². The van der Waals surface area contributed by atoms with Gasteiger partial charge in [0.2, 0.25) is 0 Å². The van der Waals surface area contributed by atoms with Gasteiger partial charge in [-0.15, -0.1) is 0 Å². The third kappa shape index (κ3) is 2.00. The lowest BCUT2D eigenvalue weighted by Gasteiger charge is -2.38. The maximum Gasteiger partial charge on any atom is 0.0520 e. The van der Waals surface area contributed by atoms with E-state index in [2.05, 4.69) is 39.4 Å². The van der Waals surface area contributed by atoms with E-state index in [0.717, 1.165) is 17.6 Å². The van der Waals surface area contributed by atoms with E-state index in [1.165, 1.54) is 5.56 Å². The van der Waals surface area contributed by atoms with Crippen molar-refractivity contribution in [3.05, 3.63) is 34.3 Å². The van der Waals surface area contributed by atoms with Crippen LogP contribution in [0.5, 0.6) is 0 Å². The first-order chi connectivity index (χ1) is 6.81. The number of benzene rings is 1. The van der Waals surface area contributed by atoms with Gasteiger partial charge in [0.25, 0.3) is 0 Å². The Labute approximate surface area is 92.8 Å². The van der Waals surface area contributed by atoms with Crippen LogP contribution >= 0.6 is 15.9 Å². The smallest absolute Gasteiger partial charge is 0.0520 e. The molecule has 0 spiro atoms. The summed E-state index contributed by atoms with van der Waals surface area (Å²) in [5.41, 5.74) is 1.34. The first-order valence-electron chi connectivity index (χ1n) is 4.79. The van der Waals surface area contributed by atoms with E-state index in [4.69, 9.17) is 4.74 Å². The normalized spacial score (nSPS) is 25.9. The summed E-state index contributed by atoms with van der Waals surface area (Å²) in [6.45, 7) is 1.90. The molecule has 0 aliphatic carbocycles. The van der Waals surface area contributed by atoms with Crippen LogP contribution in [0.3, 0.4) is 0 Å². The molecule has 76 valence electrons. The summed E-state index contributed by atoms with van der Waals surface area (Å²) in [6.07, 6.45) is 0. The van der Waals surface area contributed by atoms with Gasteiger partial charge in [-0.25, -0.2) is 0 Å². The van der Waals surface area contributed by atoms with Gasteiger partial charge in [-0.3, -0.25) is 0 Å². The third-order valence-electron chi connectivity index (χ3n) is 2.66. The zero-order chi connectivity index (χ0) is 9.97. The summed E-state index contributed by atoms with van der Waals surface area (Å²) < 4.78 is 6.31. The summed E-state index contributed by atoms with van der Waals surface area (Å²) in [5, 5.41) is 3.42. The average Bonchev–Trinajstić information content (AvgIpc) is 2.12. The highest BCUT2D eigenvalue weighted by Crippen LogP contribution is 2.30. The lowest BCUT2D eigenvalue weighted by Crippen LogP contribution is -2.47. The SMILES string of the molecule is COCC1CNC1c1cccc(Br)c1. The van der Waals surface area contributed by atoms with E-state index in [1.54, 1.807) is 7.11 Å². The average molecular weight is 256 g/mol. The van der Waals surface area contributed by atoms with Crippen LogP contribution in [-0.2, 0) is 4.74 Å². The standard InChI is InChI=1S/C11H14BrNO/c1-14-7-9-6-13-11(9)8-3-2-4-10(12)5-8/h2-5,9,11,13H,6-7H2,1H3. The summed E-state index contributed by atoms with van der Waals surface area (Å²) >= 11 is 3.48. The van der Waals surface area contributed by atoms with Gasteiger partial charge in [-0.1, -0.05) is 28.1 Å². The molecule has 1 aromatic rings. The molecule has 2 rings (SSSR count). The third-order valence-corrected chi connectivity index (χ3v) is 3.15. The van der Waals surface area contributed by atoms with Gasteiger partial charge >= 0.3 is 0 Å². The summed E-state index contributed by atoms with van der Waals surface area (Å²) in [7, 11) is 1.76. The highest BCUT2D eigenvalue weighted by Gasteiger charge is 2.31. The molecule has 1 N–H and O–H groups in total. The first-order valence-corrected chi connectivity index (χ1v) is 5.58. The Kier molecular flexibility index (Phi) is 3.21. The fraction of sp³-hybridized carbons (Fsp3) is 0.455. The predicted molar refractivity (Wildman–Crippen MR) is 60.3 cm³/mol. The number of ether oxygens (including phenoxy) is 1. The molecule has 2 nitrogen and oxygen atoms in total. The van der Waals surface area contributed by atoms with Crippen molar-refractivity contribution in [3.8, 4) is 0 Å². The number of rotatable bonds is 3. The lowest BCUT2D eigenvalue weighted by atomic mass is 9.87. The molecule has 1 heterocycles. The second kappa shape index (κ2) is 4.43. The molecular weight excluding hydrogens is 242 g/mol. The van der Waals surface area contributed by atoms with Crippen molar-refractivity contribution in [2.45, 2.75) is 6.04 Å². The van der Waals surface area contributed by atoms with E-state index in [9.17, 15) is 0 Å². The Hall–Kier alpha value is -0.380. The van der Waals surface area contributed by atoms with Gasteiger partial charge in [0, 0.05) is 30.1 Å². The van der Waals surface area contributed by atoms with Crippen molar-refractivity contribution >= 4 is 15.9 Å². The predicted octanol–water partition coefficient (Wildman–Crippen LogP) is 2.36. The van der Waals surface area contributed by atoms with E-state index in [-0.39, 0.29) is 0 Å². The molecule has 1 aliphatic rings. The lowest BCUT2D eigenvalue weighted by molar-refractivity contribution is 0.0883. The van der Waals surface area contributed by atoms with Crippen LogP contribution < -0.4 is 5.32 Å². The first kappa shape index (κ1) is 10.1. The number of hydrogen-bond donors (Lipinski definition) is 1. The fourth-order valence-corrected chi connectivity index (χ4v) is 2.28. The molecule has 0 radical (unpaired) electrons. The van der Waals surface area contributed by atoms with Gasteiger partial charge in [-0.2, -0.15) is 0 Å². The molecule has 0 bridgehead atoms. The molecule has 1 aliphatic heterocycles. The zero-order valence-corrected chi connectivity index (χ0v) is 9.75. The van der Waals surface area contributed by atoms with Crippen molar-refractivity contribution in [1.29, 1.82) is 0 Å². The number of nitrogens with one attached hydrogen (secondary N) is 1. The Morgan fingerprint density at radius 1 is 1.57 bits per heavy atom. The fourth-order valence-electron chi connectivity index (χ4n) is 1.86. The molecule has 1 saturated heterocycles. The van der Waals surface area contributed by atoms with Gasteiger partial charge in [0.15, 0.2) is 0 Å². The van der Waals surface area contributed by atoms with Crippen LogP contribution in [0.2, 0.25) is 0 Å². The second-order valence-corrected chi connectivity index (χ2v) is 4.57. The van der Waals surface area contributed by atoms with Crippen molar-refractivity contribution in [3.63, 3.8) is 0 Å². The highest BCUT2D eigenvalue weighted by atomic mass is 79.9. The zero-order valence-electron chi connectivity index (χ0n) is 8.16. The summed E-state index contributed by atoms with van der Waals surface area (Å²) in [4.78, 5) is 0. The number of hydrogen-bond acceptors (Lipinski definition) is 2. The van der Waals surface area contributed by atoms with E-state index >= 15 is 0 Å². The molecule has 0 saturated carbocycles. The molecule has 0 aromatic heterocycles. The minimum atomic E-state index is 0.465.